The molecular weight excluding hydrogens is 324 g/mol. The lowest BCUT2D eigenvalue weighted by molar-refractivity contribution is -0.144. The fourth-order valence-corrected chi connectivity index (χ4v) is 2.03. The van der Waals surface area contributed by atoms with Crippen molar-refractivity contribution in [3.05, 3.63) is 23.5 Å². The van der Waals surface area contributed by atoms with E-state index < -0.39 is 17.9 Å². The number of aromatic nitrogens is 1. The number of carbonyl (C=O) groups excluding carboxylic acids is 3. The Morgan fingerprint density at radius 2 is 1.80 bits per heavy atom. The van der Waals surface area contributed by atoms with Gasteiger partial charge < -0.3 is 14.8 Å². The average molecular weight is 350 g/mol. The fraction of sp³-hybridized carbons (Fsp3) is 0.556. The molecule has 1 heterocycles. The third-order valence-electron chi connectivity index (χ3n) is 3.31. The summed E-state index contributed by atoms with van der Waals surface area (Å²) in [5.74, 6) is -1.03. The normalized spacial score (nSPS) is 11.5. The first kappa shape index (κ1) is 20.6. The van der Waals surface area contributed by atoms with Crippen molar-refractivity contribution in [3.8, 4) is 5.75 Å². The van der Waals surface area contributed by atoms with Gasteiger partial charge in [0, 0.05) is 19.0 Å². The Balaban J connectivity index is 2.75. The van der Waals surface area contributed by atoms with Crippen molar-refractivity contribution in [2.75, 3.05) is 6.61 Å². The van der Waals surface area contributed by atoms with Crippen LogP contribution in [0.5, 0.6) is 5.75 Å². The molecule has 0 radical (unpaired) electrons. The summed E-state index contributed by atoms with van der Waals surface area (Å²) < 4.78 is 10.4. The van der Waals surface area contributed by atoms with Crippen LogP contribution in [0.25, 0.3) is 0 Å². The number of rotatable bonds is 9. The van der Waals surface area contributed by atoms with E-state index in [0.29, 0.717) is 24.8 Å². The van der Waals surface area contributed by atoms with Gasteiger partial charge in [-0.3, -0.25) is 14.4 Å². The number of pyridine rings is 1. The fourth-order valence-electron chi connectivity index (χ4n) is 2.03. The molecule has 0 aliphatic carbocycles. The highest BCUT2D eigenvalue weighted by molar-refractivity contribution is 5.96. The number of nitrogens with one attached hydrogen (secondary N) is 1. The maximum Gasteiger partial charge on any atom is 0.311 e. The van der Waals surface area contributed by atoms with Crippen LogP contribution in [0.1, 0.15) is 62.5 Å². The van der Waals surface area contributed by atoms with Crippen molar-refractivity contribution in [3.63, 3.8) is 0 Å². The summed E-state index contributed by atoms with van der Waals surface area (Å²) in [5.41, 5.74) is 0.683. The summed E-state index contributed by atoms with van der Waals surface area (Å²) in [5, 5.41) is 2.70. The van der Waals surface area contributed by atoms with Gasteiger partial charge in [0.25, 0.3) is 5.91 Å². The molecule has 1 rings (SSSR count). The van der Waals surface area contributed by atoms with Gasteiger partial charge in [0.05, 0.1) is 6.04 Å². The molecule has 0 fully saturated rings. The number of hydrogen-bond donors (Lipinski definition) is 1. The monoisotopic (exact) mass is 350 g/mol. The zero-order valence-electron chi connectivity index (χ0n) is 15.3. The van der Waals surface area contributed by atoms with Gasteiger partial charge in [-0.15, -0.1) is 0 Å². The summed E-state index contributed by atoms with van der Waals surface area (Å²) >= 11 is 0. The molecule has 0 saturated carbocycles. The van der Waals surface area contributed by atoms with Gasteiger partial charge in [-0.25, -0.2) is 4.98 Å². The van der Waals surface area contributed by atoms with Crippen molar-refractivity contribution in [2.45, 2.75) is 59.4 Å². The molecule has 7 nitrogen and oxygen atoms in total. The molecule has 0 saturated heterocycles. The minimum absolute atomic E-state index is 0.0381. The van der Waals surface area contributed by atoms with Crippen molar-refractivity contribution < 1.29 is 23.9 Å². The third kappa shape index (κ3) is 6.91. The summed E-state index contributed by atoms with van der Waals surface area (Å²) in [4.78, 5) is 39.6. The quantitative estimate of drug-likeness (QED) is 0.688. The number of hydrogen-bond acceptors (Lipinski definition) is 6. The molecule has 0 spiro atoms. The van der Waals surface area contributed by atoms with Crippen molar-refractivity contribution in [1.82, 2.24) is 10.3 Å². The van der Waals surface area contributed by atoms with E-state index >= 15 is 0 Å². The molecule has 138 valence electrons. The van der Waals surface area contributed by atoms with E-state index in [1.807, 2.05) is 13.8 Å². The van der Waals surface area contributed by atoms with Crippen LogP contribution in [0.15, 0.2) is 12.3 Å². The van der Waals surface area contributed by atoms with Crippen molar-refractivity contribution >= 4 is 17.8 Å². The smallest absolute Gasteiger partial charge is 0.311 e. The summed E-state index contributed by atoms with van der Waals surface area (Å²) in [7, 11) is 0. The number of nitrogens with zero attached hydrogens (tertiary/aromatic N) is 1. The largest absolute Gasteiger partial charge is 0.464 e. The van der Waals surface area contributed by atoms with Gasteiger partial charge in [-0.05, 0) is 38.3 Å². The SMILES string of the molecule is CCCC(=O)OCC(C)NC(=O)c1nccc(C)c1OC(=O)CCC. The zero-order chi connectivity index (χ0) is 18.8. The Bertz CT molecular complexity index is 615. The zero-order valence-corrected chi connectivity index (χ0v) is 15.3. The average Bonchev–Trinajstić information content (AvgIpc) is 2.55. The number of amides is 1. The maximum atomic E-state index is 12.4. The standard InChI is InChI=1S/C18H26N2O5/c1-5-7-14(21)24-11-13(4)20-18(23)16-17(12(3)9-10-19-16)25-15(22)8-6-2/h9-10,13H,5-8,11H2,1-4H3,(H,20,23). The van der Waals surface area contributed by atoms with Gasteiger partial charge in [0.15, 0.2) is 11.4 Å². The Hall–Kier alpha value is -2.44. The highest BCUT2D eigenvalue weighted by Crippen LogP contribution is 2.22. The second kappa shape index (κ2) is 10.4. The van der Waals surface area contributed by atoms with Crippen LogP contribution in [0.2, 0.25) is 0 Å². The first-order valence-corrected chi connectivity index (χ1v) is 8.51. The van der Waals surface area contributed by atoms with E-state index in [4.69, 9.17) is 9.47 Å². The predicted molar refractivity (Wildman–Crippen MR) is 92.3 cm³/mol. The molecule has 0 bridgehead atoms. The molecule has 1 aromatic rings. The summed E-state index contributed by atoms with van der Waals surface area (Å²) in [6, 6.07) is 1.27. The highest BCUT2D eigenvalue weighted by atomic mass is 16.5. The van der Waals surface area contributed by atoms with Crippen LogP contribution in [0.4, 0.5) is 0 Å². The summed E-state index contributed by atoms with van der Waals surface area (Å²) in [6.45, 7) is 7.28. The van der Waals surface area contributed by atoms with Crippen LogP contribution in [-0.2, 0) is 14.3 Å². The molecule has 1 N–H and O–H groups in total. The molecule has 1 unspecified atom stereocenters. The molecule has 25 heavy (non-hydrogen) atoms. The molecule has 1 aromatic heterocycles. The highest BCUT2D eigenvalue weighted by Gasteiger charge is 2.20. The van der Waals surface area contributed by atoms with Crippen LogP contribution in [-0.4, -0.2) is 35.5 Å². The Kier molecular flexibility index (Phi) is 8.60. The van der Waals surface area contributed by atoms with E-state index in [1.165, 1.54) is 6.20 Å². The van der Waals surface area contributed by atoms with Gasteiger partial charge in [0.2, 0.25) is 0 Å². The van der Waals surface area contributed by atoms with Crippen molar-refractivity contribution in [1.29, 1.82) is 0 Å². The van der Waals surface area contributed by atoms with Crippen LogP contribution < -0.4 is 10.1 Å². The van der Waals surface area contributed by atoms with Gasteiger partial charge >= 0.3 is 11.9 Å². The van der Waals surface area contributed by atoms with E-state index in [-0.39, 0.29) is 30.4 Å². The maximum absolute atomic E-state index is 12.4. The van der Waals surface area contributed by atoms with E-state index in [0.717, 1.165) is 0 Å². The molecule has 1 amide bonds. The van der Waals surface area contributed by atoms with Crippen LogP contribution in [0, 0.1) is 6.92 Å². The number of ether oxygens (including phenoxy) is 2. The minimum Gasteiger partial charge on any atom is -0.464 e. The predicted octanol–water partition coefficient (Wildman–Crippen LogP) is 2.56. The molecule has 0 aromatic carbocycles. The minimum atomic E-state index is -0.484. The Morgan fingerprint density at radius 3 is 2.44 bits per heavy atom. The van der Waals surface area contributed by atoms with Gasteiger partial charge in [-0.2, -0.15) is 0 Å². The van der Waals surface area contributed by atoms with E-state index in [1.54, 1.807) is 19.9 Å². The molecule has 1 atom stereocenters. The molecular formula is C18H26N2O5. The first-order valence-electron chi connectivity index (χ1n) is 8.51. The first-order chi connectivity index (χ1) is 11.9. The topological polar surface area (TPSA) is 94.6 Å². The van der Waals surface area contributed by atoms with E-state index in [9.17, 15) is 14.4 Å². The lowest BCUT2D eigenvalue weighted by Crippen LogP contribution is -2.37. The molecule has 7 heteroatoms. The Morgan fingerprint density at radius 1 is 1.16 bits per heavy atom. The van der Waals surface area contributed by atoms with Crippen LogP contribution >= 0.6 is 0 Å². The molecule has 0 aliphatic heterocycles. The van der Waals surface area contributed by atoms with Gasteiger partial charge in [0.1, 0.15) is 6.61 Å². The number of carbonyl (C=O) groups is 3. The lowest BCUT2D eigenvalue weighted by atomic mass is 10.2. The second-order valence-electron chi connectivity index (χ2n) is 5.84. The number of aryl methyl sites for hydroxylation is 1. The summed E-state index contributed by atoms with van der Waals surface area (Å²) in [6.07, 6.45) is 3.45. The number of esters is 2. The lowest BCUT2D eigenvalue weighted by Gasteiger charge is -2.16. The third-order valence-corrected chi connectivity index (χ3v) is 3.31. The molecule has 0 aliphatic rings. The Labute approximate surface area is 148 Å². The van der Waals surface area contributed by atoms with Gasteiger partial charge in [-0.1, -0.05) is 13.8 Å². The van der Waals surface area contributed by atoms with Crippen molar-refractivity contribution in [2.24, 2.45) is 0 Å². The second-order valence-corrected chi connectivity index (χ2v) is 5.84. The van der Waals surface area contributed by atoms with E-state index in [2.05, 4.69) is 10.3 Å². The van der Waals surface area contributed by atoms with Crippen LogP contribution in [0.3, 0.4) is 0 Å².